The average Bonchev–Trinajstić information content (AvgIpc) is 3.37. The number of likely N-dealkylation sites (tertiary alicyclic amines) is 1. The van der Waals surface area contributed by atoms with Crippen LogP contribution in [0.2, 0.25) is 5.02 Å². The summed E-state index contributed by atoms with van der Waals surface area (Å²) < 4.78 is 10.4. The van der Waals surface area contributed by atoms with Gasteiger partial charge in [0.25, 0.3) is 5.91 Å². The molecule has 0 saturated carbocycles. The lowest BCUT2D eigenvalue weighted by Gasteiger charge is -2.35. The van der Waals surface area contributed by atoms with Gasteiger partial charge in [-0.2, -0.15) is 0 Å². The molecule has 2 unspecified atom stereocenters. The Morgan fingerprint density at radius 1 is 1.10 bits per heavy atom. The summed E-state index contributed by atoms with van der Waals surface area (Å²) in [5.74, 6) is -0.793. The molecule has 1 spiro atoms. The summed E-state index contributed by atoms with van der Waals surface area (Å²) in [5.41, 5.74) is 1.73. The predicted octanol–water partition coefficient (Wildman–Crippen LogP) is 4.55. The fourth-order valence-corrected chi connectivity index (χ4v) is 5.23. The Kier molecular flexibility index (Phi) is 7.61. The highest BCUT2D eigenvalue weighted by molar-refractivity contribution is 6.30. The average molecular weight is 563 g/mol. The van der Waals surface area contributed by atoms with Gasteiger partial charge in [0.05, 0.1) is 19.3 Å². The number of benzene rings is 3. The number of ether oxygens (including phenoxy) is 2. The number of hydrogen-bond acceptors (Lipinski definition) is 6. The first-order valence-electron chi connectivity index (χ1n) is 12.6. The van der Waals surface area contributed by atoms with E-state index in [9.17, 15) is 19.2 Å². The molecule has 2 aliphatic rings. The molecule has 2 aliphatic heterocycles. The largest absolute Gasteiger partial charge is 0.453 e. The Morgan fingerprint density at radius 2 is 1.90 bits per heavy atom. The topological polar surface area (TPSA) is 126 Å². The van der Waals surface area contributed by atoms with Crippen LogP contribution in [0.1, 0.15) is 27.9 Å². The summed E-state index contributed by atoms with van der Waals surface area (Å²) in [4.78, 5) is 52.8. The van der Waals surface area contributed by atoms with Crippen LogP contribution in [0, 0.1) is 0 Å². The van der Waals surface area contributed by atoms with Gasteiger partial charge in [0, 0.05) is 41.2 Å². The van der Waals surface area contributed by atoms with Gasteiger partial charge in [-0.3, -0.25) is 20.2 Å². The third kappa shape index (κ3) is 5.72. The van der Waals surface area contributed by atoms with Crippen molar-refractivity contribution in [2.75, 3.05) is 30.8 Å². The van der Waals surface area contributed by atoms with Crippen molar-refractivity contribution in [3.8, 4) is 0 Å². The summed E-state index contributed by atoms with van der Waals surface area (Å²) >= 11 is 6.25. The summed E-state index contributed by atoms with van der Waals surface area (Å²) in [7, 11) is 1.24. The lowest BCUT2D eigenvalue weighted by atomic mass is 9.90. The maximum absolute atomic E-state index is 13.9. The van der Waals surface area contributed by atoms with Crippen molar-refractivity contribution >= 4 is 47.0 Å². The van der Waals surface area contributed by atoms with Gasteiger partial charge in [-0.15, -0.1) is 0 Å². The van der Waals surface area contributed by atoms with Crippen molar-refractivity contribution in [2.24, 2.45) is 0 Å². The lowest BCUT2D eigenvalue weighted by Crippen LogP contribution is -2.50. The van der Waals surface area contributed by atoms with Crippen molar-refractivity contribution in [1.29, 1.82) is 0 Å². The highest BCUT2D eigenvalue weighted by atomic mass is 35.5. The molecule has 5 rings (SSSR count). The van der Waals surface area contributed by atoms with Gasteiger partial charge in [0.1, 0.15) is 6.04 Å². The molecule has 0 aromatic heterocycles. The molecular formula is C29H27ClN4O6. The normalized spacial score (nSPS) is 18.2. The minimum atomic E-state index is -1.05. The van der Waals surface area contributed by atoms with Gasteiger partial charge in [-0.05, 0) is 42.0 Å². The predicted molar refractivity (Wildman–Crippen MR) is 148 cm³/mol. The standard InChI is InChI=1S/C29H27ClN4O6/c1-39-27(37)31-21-9-5-8-19(15-21)25(35)32-24(14-18-6-3-2-4-7-18)26(36)34-13-12-29(17-34)22-16-20(30)10-11-23(22)33-28(38)40-29/h2-11,15-16,24H,12-14,17H2,1H3,(H,31,37)(H,32,35)(H,33,38). The van der Waals surface area contributed by atoms with Crippen LogP contribution in [0.3, 0.4) is 0 Å². The van der Waals surface area contributed by atoms with E-state index in [2.05, 4.69) is 20.7 Å². The zero-order chi connectivity index (χ0) is 28.3. The zero-order valence-corrected chi connectivity index (χ0v) is 22.4. The lowest BCUT2D eigenvalue weighted by molar-refractivity contribution is -0.133. The van der Waals surface area contributed by atoms with Crippen molar-refractivity contribution in [1.82, 2.24) is 10.2 Å². The summed E-state index contributed by atoms with van der Waals surface area (Å²) in [6, 6.07) is 19.9. The van der Waals surface area contributed by atoms with Gasteiger partial charge >= 0.3 is 12.2 Å². The van der Waals surface area contributed by atoms with Gasteiger partial charge in [0.15, 0.2) is 5.60 Å². The minimum absolute atomic E-state index is 0.117. The second kappa shape index (κ2) is 11.3. The highest BCUT2D eigenvalue weighted by Gasteiger charge is 2.49. The van der Waals surface area contributed by atoms with E-state index in [1.807, 2.05) is 30.3 Å². The molecule has 0 bridgehead atoms. The minimum Gasteiger partial charge on any atom is -0.453 e. The Labute approximate surface area is 235 Å². The van der Waals surface area contributed by atoms with Crippen LogP contribution < -0.4 is 16.0 Å². The number of halogens is 1. The number of hydrogen-bond donors (Lipinski definition) is 3. The molecule has 206 valence electrons. The third-order valence-electron chi connectivity index (χ3n) is 6.98. The first-order valence-corrected chi connectivity index (χ1v) is 13.0. The van der Waals surface area contributed by atoms with Crippen LogP contribution in [0.15, 0.2) is 72.8 Å². The van der Waals surface area contributed by atoms with Gasteiger partial charge in [-0.1, -0.05) is 48.0 Å². The SMILES string of the molecule is COC(=O)Nc1cccc(C(=O)NC(Cc2ccccc2)C(=O)N2CCC3(C2)OC(=O)Nc2ccc(Cl)cc23)c1. The number of fused-ring (bicyclic) bond motifs is 2. The molecule has 0 aliphatic carbocycles. The van der Waals surface area contributed by atoms with Gasteiger partial charge in [0.2, 0.25) is 5.91 Å². The van der Waals surface area contributed by atoms with Crippen LogP contribution in [0.25, 0.3) is 0 Å². The van der Waals surface area contributed by atoms with Crippen molar-refractivity contribution in [3.05, 3.63) is 94.5 Å². The van der Waals surface area contributed by atoms with Crippen LogP contribution in [-0.2, 0) is 26.3 Å². The molecule has 11 heteroatoms. The molecule has 0 radical (unpaired) electrons. The Balaban J connectivity index is 1.38. The molecule has 40 heavy (non-hydrogen) atoms. The van der Waals surface area contributed by atoms with E-state index in [0.29, 0.717) is 34.9 Å². The first-order chi connectivity index (χ1) is 19.3. The van der Waals surface area contributed by atoms with Gasteiger partial charge < -0.3 is 19.7 Å². The zero-order valence-electron chi connectivity index (χ0n) is 21.6. The van der Waals surface area contributed by atoms with E-state index >= 15 is 0 Å². The Morgan fingerprint density at radius 3 is 2.67 bits per heavy atom. The molecule has 1 fully saturated rings. The quantitative estimate of drug-likeness (QED) is 0.405. The number of anilines is 2. The van der Waals surface area contributed by atoms with E-state index in [-0.39, 0.29) is 24.4 Å². The number of nitrogens with zero attached hydrogens (tertiary/aromatic N) is 1. The first kappa shape index (κ1) is 27.0. The number of amides is 4. The third-order valence-corrected chi connectivity index (χ3v) is 7.22. The van der Waals surface area contributed by atoms with E-state index < -0.39 is 29.7 Å². The molecule has 2 heterocycles. The maximum Gasteiger partial charge on any atom is 0.412 e. The fourth-order valence-electron chi connectivity index (χ4n) is 5.06. The van der Waals surface area contributed by atoms with Crippen LogP contribution >= 0.6 is 11.6 Å². The van der Waals surface area contributed by atoms with Gasteiger partial charge in [-0.25, -0.2) is 9.59 Å². The fraction of sp³-hybridized carbons (Fsp3) is 0.241. The molecule has 10 nitrogen and oxygen atoms in total. The summed E-state index contributed by atoms with van der Waals surface area (Å²) in [5, 5.41) is 8.56. The Hall–Kier alpha value is -4.57. The van der Waals surface area contributed by atoms with E-state index in [4.69, 9.17) is 16.3 Å². The highest BCUT2D eigenvalue weighted by Crippen LogP contribution is 2.43. The monoisotopic (exact) mass is 562 g/mol. The van der Waals surface area contributed by atoms with E-state index in [1.165, 1.54) is 13.2 Å². The number of nitrogens with one attached hydrogen (secondary N) is 3. The molecule has 3 aromatic rings. The second-order valence-electron chi connectivity index (χ2n) is 9.62. The molecule has 4 amide bonds. The molecule has 1 saturated heterocycles. The van der Waals surface area contributed by atoms with E-state index in [0.717, 1.165) is 5.56 Å². The molecular weight excluding hydrogens is 536 g/mol. The maximum atomic E-state index is 13.9. The van der Waals surface area contributed by atoms with Crippen LogP contribution in [0.5, 0.6) is 0 Å². The van der Waals surface area contributed by atoms with Crippen LogP contribution in [-0.4, -0.2) is 55.1 Å². The van der Waals surface area contributed by atoms with Crippen molar-refractivity contribution in [2.45, 2.75) is 24.5 Å². The number of rotatable bonds is 6. The Bertz CT molecular complexity index is 1470. The van der Waals surface area contributed by atoms with Crippen molar-refractivity contribution in [3.63, 3.8) is 0 Å². The molecule has 2 atom stereocenters. The van der Waals surface area contributed by atoms with Crippen molar-refractivity contribution < 1.29 is 28.7 Å². The number of carbonyl (C=O) groups excluding carboxylic acids is 4. The number of methoxy groups -OCH3 is 1. The smallest absolute Gasteiger partial charge is 0.412 e. The second-order valence-corrected chi connectivity index (χ2v) is 10.1. The molecule has 3 N–H and O–H groups in total. The van der Waals surface area contributed by atoms with Crippen LogP contribution in [0.4, 0.5) is 21.0 Å². The van der Waals surface area contributed by atoms with E-state index in [1.54, 1.807) is 41.3 Å². The summed E-state index contributed by atoms with van der Waals surface area (Å²) in [6.07, 6.45) is -0.635. The number of carbonyl (C=O) groups is 4. The summed E-state index contributed by atoms with van der Waals surface area (Å²) in [6.45, 7) is 0.435. The molecule has 3 aromatic carbocycles.